The van der Waals surface area contributed by atoms with Crippen molar-refractivity contribution in [3.05, 3.63) is 66.4 Å². The molecule has 0 saturated heterocycles. The van der Waals surface area contributed by atoms with Crippen LogP contribution in [0.3, 0.4) is 0 Å². The molecule has 0 unspecified atom stereocenters. The molecule has 4 aromatic rings. The molecule has 0 radical (unpaired) electrons. The van der Waals surface area contributed by atoms with Crippen LogP contribution in [-0.4, -0.2) is 27.0 Å². The van der Waals surface area contributed by atoms with Crippen LogP contribution in [0.1, 0.15) is 5.56 Å². The molecule has 0 saturated carbocycles. The van der Waals surface area contributed by atoms with Crippen LogP contribution in [0.15, 0.2) is 55.0 Å². The van der Waals surface area contributed by atoms with Crippen LogP contribution in [0, 0.1) is 17.8 Å². The van der Waals surface area contributed by atoms with Crippen molar-refractivity contribution in [2.75, 3.05) is 12.4 Å². The summed E-state index contributed by atoms with van der Waals surface area (Å²) in [5.74, 6) is 3.13. The molecule has 6 nitrogen and oxygen atoms in total. The number of hydrogen-bond donors (Lipinski definition) is 2. The maximum Gasteiger partial charge on any atom is 0.182 e. The standard InChI is InChI=1S/C21H15FN6/c1-24-21-18-16(27-20(28-21)17-12-25-10-11-26-17)7-6-15(19(18)22)14-4-2-13(3-5-14)8-9-23/h2-7,10-12H,23H2,1H3,(H,24,27,28). The van der Waals surface area contributed by atoms with Gasteiger partial charge < -0.3 is 11.1 Å². The molecule has 2 heterocycles. The van der Waals surface area contributed by atoms with E-state index < -0.39 is 5.82 Å². The van der Waals surface area contributed by atoms with Crippen molar-refractivity contribution in [3.8, 4) is 34.6 Å². The maximum atomic E-state index is 15.4. The second-order valence-corrected chi connectivity index (χ2v) is 5.90. The molecular weight excluding hydrogens is 355 g/mol. The van der Waals surface area contributed by atoms with Crippen LogP contribution < -0.4 is 11.1 Å². The quantitative estimate of drug-likeness (QED) is 0.425. The van der Waals surface area contributed by atoms with Crippen LogP contribution >= 0.6 is 0 Å². The van der Waals surface area contributed by atoms with E-state index in [0.29, 0.717) is 33.8 Å². The van der Waals surface area contributed by atoms with Gasteiger partial charge in [-0.15, -0.1) is 0 Å². The molecular formula is C21H15FN6. The van der Waals surface area contributed by atoms with E-state index in [2.05, 4.69) is 37.2 Å². The maximum absolute atomic E-state index is 15.4. The van der Waals surface area contributed by atoms with Crippen LogP contribution in [-0.2, 0) is 0 Å². The van der Waals surface area contributed by atoms with Crippen molar-refractivity contribution in [1.29, 1.82) is 0 Å². The summed E-state index contributed by atoms with van der Waals surface area (Å²) in [5, 5.41) is 3.27. The summed E-state index contributed by atoms with van der Waals surface area (Å²) in [6.45, 7) is 0. The highest BCUT2D eigenvalue weighted by Crippen LogP contribution is 2.32. The first kappa shape index (κ1) is 17.4. The van der Waals surface area contributed by atoms with Crippen LogP contribution in [0.2, 0.25) is 0 Å². The second-order valence-electron chi connectivity index (χ2n) is 5.90. The summed E-state index contributed by atoms with van der Waals surface area (Å²) in [7, 11) is 1.69. The lowest BCUT2D eigenvalue weighted by Gasteiger charge is -2.11. The Morgan fingerprint density at radius 1 is 1.04 bits per heavy atom. The highest BCUT2D eigenvalue weighted by Gasteiger charge is 2.17. The largest absolute Gasteiger partial charge is 0.372 e. The van der Waals surface area contributed by atoms with E-state index in [1.807, 2.05) is 0 Å². The van der Waals surface area contributed by atoms with Crippen molar-refractivity contribution in [2.45, 2.75) is 0 Å². The van der Waals surface area contributed by atoms with E-state index in [9.17, 15) is 0 Å². The Hall–Kier alpha value is -4.05. The number of fused-ring (bicyclic) bond motifs is 1. The summed E-state index contributed by atoms with van der Waals surface area (Å²) in [6.07, 6.45) is 4.70. The zero-order valence-corrected chi connectivity index (χ0v) is 14.9. The lowest BCUT2D eigenvalue weighted by atomic mass is 10.0. The minimum absolute atomic E-state index is 0.318. The van der Waals surface area contributed by atoms with Gasteiger partial charge in [0.15, 0.2) is 5.82 Å². The van der Waals surface area contributed by atoms with E-state index in [1.165, 1.54) is 0 Å². The normalized spacial score (nSPS) is 10.4. The highest BCUT2D eigenvalue weighted by atomic mass is 19.1. The number of hydrogen-bond acceptors (Lipinski definition) is 6. The lowest BCUT2D eigenvalue weighted by Crippen LogP contribution is -2.02. The topological polar surface area (TPSA) is 89.6 Å². The molecule has 0 aliphatic rings. The van der Waals surface area contributed by atoms with E-state index in [4.69, 9.17) is 5.73 Å². The number of halogens is 1. The highest BCUT2D eigenvalue weighted by molar-refractivity contribution is 5.94. The fourth-order valence-electron chi connectivity index (χ4n) is 2.93. The SMILES string of the molecule is CNc1nc(-c2cnccn2)nc2ccc(-c3ccc(C#CN)cc3)c(F)c12. The molecule has 2 aromatic carbocycles. The van der Waals surface area contributed by atoms with E-state index >= 15 is 4.39 Å². The Kier molecular flexibility index (Phi) is 4.52. The Labute approximate surface area is 160 Å². The van der Waals surface area contributed by atoms with E-state index in [1.54, 1.807) is 62.0 Å². The molecule has 3 N–H and O–H groups in total. The minimum Gasteiger partial charge on any atom is -0.372 e. The van der Waals surface area contributed by atoms with Gasteiger partial charge in [0.2, 0.25) is 0 Å². The van der Waals surface area contributed by atoms with Gasteiger partial charge in [-0.3, -0.25) is 4.98 Å². The van der Waals surface area contributed by atoms with Gasteiger partial charge >= 0.3 is 0 Å². The average Bonchev–Trinajstić information content (AvgIpc) is 2.75. The summed E-state index contributed by atoms with van der Waals surface area (Å²) in [4.78, 5) is 17.1. The first-order chi connectivity index (χ1) is 13.7. The summed E-state index contributed by atoms with van der Waals surface area (Å²) >= 11 is 0. The van der Waals surface area contributed by atoms with Gasteiger partial charge in [0.05, 0.1) is 17.1 Å². The number of benzene rings is 2. The van der Waals surface area contributed by atoms with Crippen molar-refractivity contribution >= 4 is 16.7 Å². The van der Waals surface area contributed by atoms with E-state index in [-0.39, 0.29) is 0 Å². The fraction of sp³-hybridized carbons (Fsp3) is 0.0476. The number of anilines is 1. The number of aromatic nitrogens is 4. The Morgan fingerprint density at radius 3 is 2.54 bits per heavy atom. The van der Waals surface area contributed by atoms with Gasteiger partial charge in [-0.05, 0) is 35.7 Å². The van der Waals surface area contributed by atoms with Gasteiger partial charge in [-0.1, -0.05) is 12.1 Å². The van der Waals surface area contributed by atoms with Crippen molar-refractivity contribution < 1.29 is 4.39 Å². The molecule has 0 amide bonds. The monoisotopic (exact) mass is 370 g/mol. The predicted molar refractivity (Wildman–Crippen MR) is 107 cm³/mol. The molecule has 0 aliphatic carbocycles. The van der Waals surface area contributed by atoms with Gasteiger partial charge in [0.1, 0.15) is 17.3 Å². The molecule has 0 atom stereocenters. The number of rotatable bonds is 3. The summed E-state index contributed by atoms with van der Waals surface area (Å²) < 4.78 is 15.4. The van der Waals surface area contributed by atoms with Crippen molar-refractivity contribution in [2.24, 2.45) is 5.73 Å². The third-order valence-corrected chi connectivity index (χ3v) is 4.24. The van der Waals surface area contributed by atoms with E-state index in [0.717, 1.165) is 11.1 Å². The Bertz CT molecular complexity index is 1210. The predicted octanol–water partition coefficient (Wildman–Crippen LogP) is 3.20. The van der Waals surface area contributed by atoms with Gasteiger partial charge in [-0.2, -0.15) is 0 Å². The molecule has 7 heteroatoms. The zero-order chi connectivity index (χ0) is 19.5. The molecule has 0 bridgehead atoms. The lowest BCUT2D eigenvalue weighted by molar-refractivity contribution is 0.643. The fourth-order valence-corrected chi connectivity index (χ4v) is 2.93. The van der Waals surface area contributed by atoms with Crippen LogP contribution in [0.5, 0.6) is 0 Å². The molecule has 0 aliphatic heterocycles. The number of nitrogens with two attached hydrogens (primary N) is 1. The Balaban J connectivity index is 1.87. The van der Waals surface area contributed by atoms with Crippen molar-refractivity contribution in [1.82, 2.24) is 19.9 Å². The summed E-state index contributed by atoms with van der Waals surface area (Å²) in [5.41, 5.74) is 8.17. The Morgan fingerprint density at radius 2 is 1.86 bits per heavy atom. The minimum atomic E-state index is -0.398. The third kappa shape index (κ3) is 3.08. The van der Waals surface area contributed by atoms with Gasteiger partial charge in [-0.25, -0.2) is 19.3 Å². The molecule has 4 rings (SSSR count). The second kappa shape index (κ2) is 7.29. The molecule has 2 aromatic heterocycles. The molecule has 0 fully saturated rings. The number of nitrogens with zero attached hydrogens (tertiary/aromatic N) is 4. The first-order valence-corrected chi connectivity index (χ1v) is 8.47. The van der Waals surface area contributed by atoms with Gasteiger partial charge in [0, 0.05) is 36.6 Å². The van der Waals surface area contributed by atoms with Gasteiger partial charge in [0.25, 0.3) is 0 Å². The van der Waals surface area contributed by atoms with Crippen LogP contribution in [0.4, 0.5) is 10.2 Å². The first-order valence-electron chi connectivity index (χ1n) is 8.47. The molecule has 0 spiro atoms. The van der Waals surface area contributed by atoms with Crippen molar-refractivity contribution in [3.63, 3.8) is 0 Å². The molecule has 136 valence electrons. The van der Waals surface area contributed by atoms with Crippen LogP contribution in [0.25, 0.3) is 33.5 Å². The smallest absolute Gasteiger partial charge is 0.182 e. The summed E-state index contributed by atoms with van der Waals surface area (Å²) in [6, 6.07) is 13.0. The third-order valence-electron chi connectivity index (χ3n) is 4.24. The average molecular weight is 370 g/mol. The zero-order valence-electron chi connectivity index (χ0n) is 14.9. The number of nitrogens with one attached hydrogen (secondary N) is 1. The molecule has 28 heavy (non-hydrogen) atoms.